The SMILES string of the molecule is O=C1NCCc2c(Cl)cncc21. The van der Waals surface area contributed by atoms with Gasteiger partial charge in [0.05, 0.1) is 10.6 Å². The van der Waals surface area contributed by atoms with Gasteiger partial charge in [-0.3, -0.25) is 9.78 Å². The second-order valence-electron chi connectivity index (χ2n) is 2.65. The topological polar surface area (TPSA) is 42.0 Å². The van der Waals surface area contributed by atoms with Crippen LogP contribution in [0.1, 0.15) is 15.9 Å². The van der Waals surface area contributed by atoms with E-state index < -0.39 is 0 Å². The maximum absolute atomic E-state index is 11.2. The molecule has 0 bridgehead atoms. The van der Waals surface area contributed by atoms with E-state index in [1.807, 2.05) is 0 Å². The van der Waals surface area contributed by atoms with Gasteiger partial charge in [0.15, 0.2) is 0 Å². The van der Waals surface area contributed by atoms with Crippen molar-refractivity contribution in [2.45, 2.75) is 6.42 Å². The summed E-state index contributed by atoms with van der Waals surface area (Å²) in [4.78, 5) is 15.1. The molecule has 0 atom stereocenters. The monoisotopic (exact) mass is 182 g/mol. The van der Waals surface area contributed by atoms with Crippen LogP contribution in [0, 0.1) is 0 Å². The number of halogens is 1. The van der Waals surface area contributed by atoms with E-state index >= 15 is 0 Å². The third kappa shape index (κ3) is 1.06. The Bertz CT molecular complexity index is 338. The second-order valence-corrected chi connectivity index (χ2v) is 3.06. The molecular formula is C8H7ClN2O. The van der Waals surface area contributed by atoms with Gasteiger partial charge in [0, 0.05) is 18.9 Å². The lowest BCUT2D eigenvalue weighted by Gasteiger charge is -2.16. The maximum atomic E-state index is 11.2. The minimum atomic E-state index is -0.0775. The van der Waals surface area contributed by atoms with Gasteiger partial charge in [-0.25, -0.2) is 0 Å². The number of carbonyl (C=O) groups excluding carboxylic acids is 1. The number of amides is 1. The molecule has 0 saturated carbocycles. The van der Waals surface area contributed by atoms with Crippen molar-refractivity contribution in [3.8, 4) is 0 Å². The van der Waals surface area contributed by atoms with E-state index in [1.165, 1.54) is 0 Å². The summed E-state index contributed by atoms with van der Waals surface area (Å²) < 4.78 is 0. The quantitative estimate of drug-likeness (QED) is 0.651. The number of hydrogen-bond acceptors (Lipinski definition) is 2. The van der Waals surface area contributed by atoms with E-state index in [9.17, 15) is 4.79 Å². The largest absolute Gasteiger partial charge is 0.352 e. The van der Waals surface area contributed by atoms with Crippen LogP contribution in [0.25, 0.3) is 0 Å². The summed E-state index contributed by atoms with van der Waals surface area (Å²) in [6, 6.07) is 0. The van der Waals surface area contributed by atoms with E-state index in [1.54, 1.807) is 12.4 Å². The Morgan fingerprint density at radius 2 is 2.33 bits per heavy atom. The van der Waals surface area contributed by atoms with Crippen molar-refractivity contribution in [3.05, 3.63) is 28.5 Å². The molecule has 0 spiro atoms. The summed E-state index contributed by atoms with van der Waals surface area (Å²) >= 11 is 5.86. The summed E-state index contributed by atoms with van der Waals surface area (Å²) in [7, 11) is 0. The number of carbonyl (C=O) groups is 1. The highest BCUT2D eigenvalue weighted by Crippen LogP contribution is 2.20. The summed E-state index contributed by atoms with van der Waals surface area (Å²) in [5.74, 6) is -0.0775. The number of nitrogens with zero attached hydrogens (tertiary/aromatic N) is 1. The zero-order valence-electron chi connectivity index (χ0n) is 6.30. The van der Waals surface area contributed by atoms with E-state index in [2.05, 4.69) is 10.3 Å². The number of aromatic nitrogens is 1. The van der Waals surface area contributed by atoms with E-state index in [-0.39, 0.29) is 5.91 Å². The van der Waals surface area contributed by atoms with Crippen LogP contribution in [0.3, 0.4) is 0 Å². The number of hydrogen-bond donors (Lipinski definition) is 1. The van der Waals surface area contributed by atoms with Gasteiger partial charge < -0.3 is 5.32 Å². The van der Waals surface area contributed by atoms with Crippen molar-refractivity contribution in [2.24, 2.45) is 0 Å². The number of fused-ring (bicyclic) bond motifs is 1. The predicted molar refractivity (Wildman–Crippen MR) is 45.3 cm³/mol. The smallest absolute Gasteiger partial charge is 0.253 e. The van der Waals surface area contributed by atoms with Crippen LogP contribution >= 0.6 is 11.6 Å². The van der Waals surface area contributed by atoms with E-state index in [0.717, 1.165) is 12.0 Å². The Kier molecular flexibility index (Phi) is 1.73. The van der Waals surface area contributed by atoms with Crippen LogP contribution in [0.4, 0.5) is 0 Å². The number of rotatable bonds is 0. The van der Waals surface area contributed by atoms with Crippen molar-refractivity contribution >= 4 is 17.5 Å². The molecule has 12 heavy (non-hydrogen) atoms. The molecule has 0 fully saturated rings. The molecule has 0 aromatic carbocycles. The molecule has 2 heterocycles. The molecule has 1 aliphatic rings. The molecule has 1 aromatic rings. The van der Waals surface area contributed by atoms with Gasteiger partial charge in [-0.05, 0) is 12.0 Å². The highest BCUT2D eigenvalue weighted by molar-refractivity contribution is 6.31. The summed E-state index contributed by atoms with van der Waals surface area (Å²) in [6.07, 6.45) is 3.91. The van der Waals surface area contributed by atoms with Gasteiger partial charge in [-0.15, -0.1) is 0 Å². The zero-order valence-corrected chi connectivity index (χ0v) is 7.06. The highest BCUT2D eigenvalue weighted by atomic mass is 35.5. The Labute approximate surface area is 74.8 Å². The fourth-order valence-electron chi connectivity index (χ4n) is 1.31. The first-order valence-electron chi connectivity index (χ1n) is 3.69. The Balaban J connectivity index is 2.59. The molecule has 1 N–H and O–H groups in total. The average molecular weight is 183 g/mol. The molecule has 2 rings (SSSR count). The molecule has 0 aliphatic carbocycles. The van der Waals surface area contributed by atoms with E-state index in [0.29, 0.717) is 17.1 Å². The highest BCUT2D eigenvalue weighted by Gasteiger charge is 2.18. The van der Waals surface area contributed by atoms with Crippen LogP contribution in [0.5, 0.6) is 0 Å². The standard InChI is InChI=1S/C8H7ClN2O/c9-7-4-10-3-6-5(7)1-2-11-8(6)12/h3-4H,1-2H2,(H,11,12). The molecule has 0 unspecified atom stereocenters. The fraction of sp³-hybridized carbons (Fsp3) is 0.250. The van der Waals surface area contributed by atoms with Gasteiger partial charge in [-0.1, -0.05) is 11.6 Å². The van der Waals surface area contributed by atoms with Crippen molar-refractivity contribution in [3.63, 3.8) is 0 Å². The summed E-state index contributed by atoms with van der Waals surface area (Å²) in [5, 5.41) is 3.31. The average Bonchev–Trinajstić information content (AvgIpc) is 2.07. The van der Waals surface area contributed by atoms with Crippen LogP contribution in [-0.2, 0) is 6.42 Å². The molecule has 3 nitrogen and oxygen atoms in total. The molecule has 1 aromatic heterocycles. The molecule has 62 valence electrons. The van der Waals surface area contributed by atoms with Gasteiger partial charge in [0.25, 0.3) is 5.91 Å². The van der Waals surface area contributed by atoms with Gasteiger partial charge in [0.1, 0.15) is 0 Å². The Morgan fingerprint density at radius 3 is 3.08 bits per heavy atom. The van der Waals surface area contributed by atoms with Gasteiger partial charge in [0.2, 0.25) is 0 Å². The molecular weight excluding hydrogens is 176 g/mol. The summed E-state index contributed by atoms with van der Waals surface area (Å²) in [5.41, 5.74) is 1.52. The normalized spacial score (nSPS) is 15.2. The molecule has 0 saturated heterocycles. The van der Waals surface area contributed by atoms with Crippen LogP contribution in [-0.4, -0.2) is 17.4 Å². The molecule has 0 radical (unpaired) electrons. The van der Waals surface area contributed by atoms with Crippen molar-refractivity contribution in [2.75, 3.05) is 6.54 Å². The van der Waals surface area contributed by atoms with Crippen LogP contribution in [0.15, 0.2) is 12.4 Å². The van der Waals surface area contributed by atoms with Gasteiger partial charge >= 0.3 is 0 Å². The first-order chi connectivity index (χ1) is 5.79. The Hall–Kier alpha value is -1.09. The fourth-order valence-corrected chi connectivity index (χ4v) is 1.56. The molecule has 1 amide bonds. The zero-order chi connectivity index (χ0) is 8.55. The van der Waals surface area contributed by atoms with Crippen molar-refractivity contribution in [1.29, 1.82) is 0 Å². The predicted octanol–water partition coefficient (Wildman–Crippen LogP) is 1.02. The van der Waals surface area contributed by atoms with Gasteiger partial charge in [-0.2, -0.15) is 0 Å². The van der Waals surface area contributed by atoms with E-state index in [4.69, 9.17) is 11.6 Å². The molecule has 1 aliphatic heterocycles. The molecule has 4 heteroatoms. The third-order valence-corrected chi connectivity index (χ3v) is 2.24. The minimum Gasteiger partial charge on any atom is -0.352 e. The first kappa shape index (κ1) is 7.55. The minimum absolute atomic E-state index is 0.0775. The lowest BCUT2D eigenvalue weighted by atomic mass is 10.0. The lowest BCUT2D eigenvalue weighted by Crippen LogP contribution is -2.32. The maximum Gasteiger partial charge on any atom is 0.253 e. The first-order valence-corrected chi connectivity index (χ1v) is 4.07. The number of nitrogens with one attached hydrogen (secondary N) is 1. The Morgan fingerprint density at radius 1 is 1.50 bits per heavy atom. The lowest BCUT2D eigenvalue weighted by molar-refractivity contribution is 0.0945. The van der Waals surface area contributed by atoms with Crippen molar-refractivity contribution in [1.82, 2.24) is 10.3 Å². The summed E-state index contributed by atoms with van der Waals surface area (Å²) in [6.45, 7) is 0.662. The van der Waals surface area contributed by atoms with Crippen LogP contribution < -0.4 is 5.32 Å². The van der Waals surface area contributed by atoms with Crippen LogP contribution in [0.2, 0.25) is 5.02 Å². The van der Waals surface area contributed by atoms with Crippen molar-refractivity contribution < 1.29 is 4.79 Å². The second kappa shape index (κ2) is 2.75. The number of pyridine rings is 1. The third-order valence-electron chi connectivity index (χ3n) is 1.91.